The van der Waals surface area contributed by atoms with Crippen molar-refractivity contribution in [2.75, 3.05) is 25.1 Å². The number of halogens is 2. The maximum absolute atomic E-state index is 13.4. The standard InChI is InChI=1S/C21H21F2NO2/c1-26-20(25)19-17(14-5-3-2-4-6-14)18(19)15-7-9-16(10-8-15)24-12-11-21(22,23)13-24/h2-10,17-19H,11-13H2,1H3/t17-,18-,19-/m1/s1. The van der Waals surface area contributed by atoms with Crippen molar-refractivity contribution in [2.45, 2.75) is 24.2 Å². The first kappa shape index (κ1) is 17.0. The third-order valence-corrected chi connectivity index (χ3v) is 5.49. The smallest absolute Gasteiger partial charge is 0.309 e. The maximum Gasteiger partial charge on any atom is 0.309 e. The predicted molar refractivity (Wildman–Crippen MR) is 95.6 cm³/mol. The van der Waals surface area contributed by atoms with Gasteiger partial charge in [0.05, 0.1) is 19.6 Å². The van der Waals surface area contributed by atoms with Crippen LogP contribution in [0, 0.1) is 5.92 Å². The van der Waals surface area contributed by atoms with Gasteiger partial charge in [-0.3, -0.25) is 4.79 Å². The van der Waals surface area contributed by atoms with Gasteiger partial charge in [-0.25, -0.2) is 8.78 Å². The Morgan fingerprint density at radius 2 is 1.65 bits per heavy atom. The second kappa shape index (κ2) is 6.38. The van der Waals surface area contributed by atoms with Gasteiger partial charge in [0.25, 0.3) is 5.92 Å². The van der Waals surface area contributed by atoms with Crippen LogP contribution in [0.25, 0.3) is 0 Å². The van der Waals surface area contributed by atoms with Crippen LogP contribution in [-0.2, 0) is 9.53 Å². The van der Waals surface area contributed by atoms with E-state index in [1.165, 1.54) is 7.11 Å². The zero-order valence-corrected chi connectivity index (χ0v) is 14.6. The molecule has 4 rings (SSSR count). The molecule has 1 aliphatic carbocycles. The fourth-order valence-corrected chi connectivity index (χ4v) is 4.11. The monoisotopic (exact) mass is 357 g/mol. The van der Waals surface area contributed by atoms with Gasteiger partial charge in [-0.2, -0.15) is 0 Å². The Hall–Kier alpha value is -2.43. The summed E-state index contributed by atoms with van der Waals surface area (Å²) >= 11 is 0. The molecule has 2 fully saturated rings. The average molecular weight is 357 g/mol. The number of carbonyl (C=O) groups excluding carboxylic acids is 1. The third kappa shape index (κ3) is 3.06. The van der Waals surface area contributed by atoms with Gasteiger partial charge >= 0.3 is 5.97 Å². The number of methoxy groups -OCH3 is 1. The molecule has 1 saturated heterocycles. The number of anilines is 1. The van der Waals surface area contributed by atoms with Crippen LogP contribution in [-0.4, -0.2) is 32.1 Å². The van der Waals surface area contributed by atoms with Crippen LogP contribution in [0.3, 0.4) is 0 Å². The molecule has 3 atom stereocenters. The van der Waals surface area contributed by atoms with Gasteiger partial charge in [0.2, 0.25) is 0 Å². The summed E-state index contributed by atoms with van der Waals surface area (Å²) in [5.74, 6) is -2.83. The van der Waals surface area contributed by atoms with E-state index in [4.69, 9.17) is 4.74 Å². The number of esters is 1. The zero-order chi connectivity index (χ0) is 18.3. The van der Waals surface area contributed by atoms with Crippen molar-refractivity contribution in [3.63, 3.8) is 0 Å². The second-order valence-electron chi connectivity index (χ2n) is 7.13. The van der Waals surface area contributed by atoms with Crippen molar-refractivity contribution in [1.29, 1.82) is 0 Å². The van der Waals surface area contributed by atoms with E-state index >= 15 is 0 Å². The normalized spacial score (nSPS) is 26.6. The minimum atomic E-state index is -2.61. The molecule has 2 aromatic carbocycles. The number of carbonyl (C=O) groups is 1. The number of hydrogen-bond donors (Lipinski definition) is 0. The maximum atomic E-state index is 13.4. The van der Waals surface area contributed by atoms with Gasteiger partial charge in [0.1, 0.15) is 0 Å². The first-order chi connectivity index (χ1) is 12.5. The molecule has 5 heteroatoms. The zero-order valence-electron chi connectivity index (χ0n) is 14.6. The molecular weight excluding hydrogens is 336 g/mol. The first-order valence-electron chi connectivity index (χ1n) is 8.86. The van der Waals surface area contributed by atoms with Crippen LogP contribution in [0.15, 0.2) is 54.6 Å². The molecule has 3 nitrogen and oxygen atoms in total. The minimum absolute atomic E-state index is 0.0684. The Morgan fingerprint density at radius 1 is 1.04 bits per heavy atom. The molecule has 0 spiro atoms. The number of hydrogen-bond acceptors (Lipinski definition) is 3. The van der Waals surface area contributed by atoms with Crippen LogP contribution in [0.1, 0.15) is 29.4 Å². The van der Waals surface area contributed by atoms with E-state index in [2.05, 4.69) is 0 Å². The molecule has 0 radical (unpaired) electrons. The summed E-state index contributed by atoms with van der Waals surface area (Å²) in [6.07, 6.45) is -0.0993. The van der Waals surface area contributed by atoms with Crippen LogP contribution in [0.4, 0.5) is 14.5 Å². The largest absolute Gasteiger partial charge is 0.469 e. The van der Waals surface area contributed by atoms with E-state index in [0.29, 0.717) is 6.54 Å². The van der Waals surface area contributed by atoms with Crippen molar-refractivity contribution >= 4 is 11.7 Å². The van der Waals surface area contributed by atoms with E-state index < -0.39 is 5.92 Å². The fraction of sp³-hybridized carbons (Fsp3) is 0.381. The van der Waals surface area contributed by atoms with Crippen molar-refractivity contribution in [2.24, 2.45) is 5.92 Å². The van der Waals surface area contributed by atoms with Gasteiger partial charge in [0.15, 0.2) is 0 Å². The molecule has 0 N–H and O–H groups in total. The molecule has 1 saturated carbocycles. The quantitative estimate of drug-likeness (QED) is 0.768. The lowest BCUT2D eigenvalue weighted by Crippen LogP contribution is -2.24. The van der Waals surface area contributed by atoms with Gasteiger partial charge in [-0.15, -0.1) is 0 Å². The summed E-state index contributed by atoms with van der Waals surface area (Å²) in [5, 5.41) is 0. The van der Waals surface area contributed by atoms with E-state index in [9.17, 15) is 13.6 Å². The molecule has 1 aliphatic heterocycles. The molecule has 2 aliphatic rings. The van der Waals surface area contributed by atoms with Crippen molar-refractivity contribution < 1.29 is 18.3 Å². The lowest BCUT2D eigenvalue weighted by atomic mass is 10.0. The number of nitrogens with zero attached hydrogens (tertiary/aromatic N) is 1. The van der Waals surface area contributed by atoms with E-state index in [-0.39, 0.29) is 36.7 Å². The summed E-state index contributed by atoms with van der Waals surface area (Å²) in [5.41, 5.74) is 2.97. The summed E-state index contributed by atoms with van der Waals surface area (Å²) in [6, 6.07) is 17.6. The number of ether oxygens (including phenoxy) is 1. The highest BCUT2D eigenvalue weighted by Gasteiger charge is 2.56. The van der Waals surface area contributed by atoms with Gasteiger partial charge in [-0.05, 0) is 23.3 Å². The Bertz CT molecular complexity index is 791. The molecular formula is C21H21F2NO2. The SMILES string of the molecule is COC(=O)[C@@H]1[C@H](c2ccccc2)[C@H]1c1ccc(N2CCC(F)(F)C2)cc1. The van der Waals surface area contributed by atoms with E-state index in [1.807, 2.05) is 54.6 Å². The third-order valence-electron chi connectivity index (χ3n) is 5.49. The average Bonchev–Trinajstić information content (AvgIpc) is 3.31. The van der Waals surface area contributed by atoms with Crippen molar-refractivity contribution in [1.82, 2.24) is 0 Å². The van der Waals surface area contributed by atoms with E-state index in [1.54, 1.807) is 4.90 Å². The van der Waals surface area contributed by atoms with Crippen LogP contribution < -0.4 is 4.90 Å². The van der Waals surface area contributed by atoms with Gasteiger partial charge in [-0.1, -0.05) is 42.5 Å². The number of benzene rings is 2. The highest BCUT2D eigenvalue weighted by atomic mass is 19.3. The lowest BCUT2D eigenvalue weighted by molar-refractivity contribution is -0.142. The molecule has 136 valence electrons. The Kier molecular flexibility index (Phi) is 4.17. The Morgan fingerprint density at radius 3 is 2.19 bits per heavy atom. The lowest BCUT2D eigenvalue weighted by Gasteiger charge is -2.18. The molecule has 0 aromatic heterocycles. The summed E-state index contributed by atoms with van der Waals surface area (Å²) in [6.45, 7) is 0.139. The minimum Gasteiger partial charge on any atom is -0.469 e. The molecule has 2 aromatic rings. The molecule has 1 heterocycles. The fourth-order valence-electron chi connectivity index (χ4n) is 4.11. The Labute approximate surface area is 151 Å². The van der Waals surface area contributed by atoms with Crippen molar-refractivity contribution in [3.05, 3.63) is 65.7 Å². The highest BCUT2D eigenvalue weighted by Crippen LogP contribution is 2.61. The molecule has 0 bridgehead atoms. The van der Waals surface area contributed by atoms with E-state index in [0.717, 1.165) is 16.8 Å². The molecule has 0 amide bonds. The number of alkyl halides is 2. The summed E-state index contributed by atoms with van der Waals surface area (Å²) < 4.78 is 31.8. The first-order valence-corrected chi connectivity index (χ1v) is 8.86. The second-order valence-corrected chi connectivity index (χ2v) is 7.13. The predicted octanol–water partition coefficient (Wildman–Crippen LogP) is 4.20. The molecule has 26 heavy (non-hydrogen) atoms. The van der Waals surface area contributed by atoms with Crippen LogP contribution in [0.2, 0.25) is 0 Å². The molecule has 0 unspecified atom stereocenters. The number of rotatable bonds is 4. The topological polar surface area (TPSA) is 29.5 Å². The summed E-state index contributed by atoms with van der Waals surface area (Å²) in [7, 11) is 1.41. The van der Waals surface area contributed by atoms with Crippen molar-refractivity contribution in [3.8, 4) is 0 Å². The van der Waals surface area contributed by atoms with Gasteiger partial charge < -0.3 is 9.64 Å². The van der Waals surface area contributed by atoms with Crippen LogP contribution in [0.5, 0.6) is 0 Å². The Balaban J connectivity index is 1.55. The summed E-state index contributed by atoms with van der Waals surface area (Å²) in [4.78, 5) is 13.9. The van der Waals surface area contributed by atoms with Crippen LogP contribution >= 0.6 is 0 Å². The van der Waals surface area contributed by atoms with Gasteiger partial charge in [0, 0.05) is 30.5 Å². The highest BCUT2D eigenvalue weighted by molar-refractivity contribution is 5.80.